The Kier molecular flexibility index (Phi) is 7.73. The fourth-order valence-electron chi connectivity index (χ4n) is 2.87. The van der Waals surface area contributed by atoms with Crippen molar-refractivity contribution in [2.45, 2.75) is 53.1 Å². The Morgan fingerprint density at radius 3 is 1.47 bits per heavy atom. The van der Waals surface area contributed by atoms with Crippen LogP contribution in [0.2, 0.25) is 0 Å². The lowest BCUT2D eigenvalue weighted by Gasteiger charge is -2.12. The molecule has 0 unspecified atom stereocenters. The summed E-state index contributed by atoms with van der Waals surface area (Å²) in [7, 11) is 0. The molecule has 9 nitrogen and oxygen atoms in total. The maximum Gasteiger partial charge on any atom is 0.286 e. The topological polar surface area (TPSA) is 122 Å². The number of ketones is 1. The number of carbonyl (C=O) groups excluding carboxylic acids is 1. The third kappa shape index (κ3) is 5.46. The molecule has 0 heterocycles. The van der Waals surface area contributed by atoms with Gasteiger partial charge in [0.25, 0.3) is 11.4 Å². The number of hydrogen-bond acceptors (Lipinski definition) is 7. The van der Waals surface area contributed by atoms with Crippen LogP contribution in [0.1, 0.15) is 54.7 Å². The molecular weight excluding hydrogens is 392 g/mol. The minimum Gasteiger partial charge on any atom is -0.374 e. The van der Waals surface area contributed by atoms with Crippen LogP contribution in [0.25, 0.3) is 0 Å². The third-order valence-corrected chi connectivity index (χ3v) is 4.24. The van der Waals surface area contributed by atoms with Crippen molar-refractivity contribution in [1.29, 1.82) is 0 Å². The number of ether oxygens (including phenoxy) is 2. The third-order valence-electron chi connectivity index (χ3n) is 4.24. The zero-order chi connectivity index (χ0) is 22.4. The van der Waals surface area contributed by atoms with Crippen molar-refractivity contribution in [2.24, 2.45) is 0 Å². The van der Waals surface area contributed by atoms with E-state index in [1.165, 1.54) is 36.4 Å². The van der Waals surface area contributed by atoms with Crippen LogP contribution in [0, 0.1) is 20.2 Å². The van der Waals surface area contributed by atoms with Gasteiger partial charge in [0, 0.05) is 0 Å². The van der Waals surface area contributed by atoms with E-state index in [-0.39, 0.29) is 47.7 Å². The van der Waals surface area contributed by atoms with Gasteiger partial charge in [-0.2, -0.15) is 0 Å². The average molecular weight is 416 g/mol. The number of rotatable bonds is 10. The first-order chi connectivity index (χ1) is 14.1. The second-order valence-corrected chi connectivity index (χ2v) is 7.19. The van der Waals surface area contributed by atoms with Gasteiger partial charge in [-0.3, -0.25) is 25.0 Å². The Bertz CT molecular complexity index is 879. The molecule has 0 N–H and O–H groups in total. The van der Waals surface area contributed by atoms with Crippen molar-refractivity contribution >= 4 is 17.2 Å². The summed E-state index contributed by atoms with van der Waals surface area (Å²) >= 11 is 0. The van der Waals surface area contributed by atoms with E-state index in [4.69, 9.17) is 9.47 Å². The van der Waals surface area contributed by atoms with Crippen LogP contribution < -0.4 is 0 Å². The normalized spacial score (nSPS) is 11.1. The van der Waals surface area contributed by atoms with Crippen molar-refractivity contribution in [3.05, 3.63) is 78.9 Å². The largest absolute Gasteiger partial charge is 0.374 e. The number of nitro groups is 2. The minimum atomic E-state index is -0.800. The molecule has 0 atom stereocenters. The summed E-state index contributed by atoms with van der Waals surface area (Å²) in [6.07, 6.45) is -0.328. The molecule has 0 spiro atoms. The Balaban J connectivity index is 2.57. The Morgan fingerprint density at radius 2 is 1.17 bits per heavy atom. The summed E-state index contributed by atoms with van der Waals surface area (Å²) in [5.41, 5.74) is -0.838. The van der Waals surface area contributed by atoms with Crippen LogP contribution in [-0.2, 0) is 22.7 Å². The summed E-state index contributed by atoms with van der Waals surface area (Å²) < 4.78 is 10.9. The maximum atomic E-state index is 13.2. The van der Waals surface area contributed by atoms with Crippen LogP contribution in [0.4, 0.5) is 11.4 Å². The standard InChI is InChI=1S/C21H24N2O7/c1-13(2)29-11-15-7-5-9-17(19(15)22(25)26)21(24)18-10-6-8-16(12-30-14(3)4)20(18)23(27)28/h5-10,13-14H,11-12H2,1-4H3. The number of para-hydroxylation sites is 2. The van der Waals surface area contributed by atoms with Crippen LogP contribution in [0.5, 0.6) is 0 Å². The molecule has 0 aliphatic carbocycles. The van der Waals surface area contributed by atoms with Crippen LogP contribution in [-0.4, -0.2) is 27.8 Å². The van der Waals surface area contributed by atoms with E-state index in [0.29, 0.717) is 0 Å². The van der Waals surface area contributed by atoms with Gasteiger partial charge in [-0.1, -0.05) is 12.1 Å². The number of carbonyl (C=O) groups is 1. The molecule has 0 fully saturated rings. The average Bonchev–Trinajstić information content (AvgIpc) is 2.69. The van der Waals surface area contributed by atoms with Crippen LogP contribution >= 0.6 is 0 Å². The predicted octanol–water partition coefficient (Wildman–Crippen LogP) is 4.58. The Hall–Kier alpha value is -3.17. The van der Waals surface area contributed by atoms with Gasteiger partial charge in [0.05, 0.1) is 46.4 Å². The number of hydrogen-bond donors (Lipinski definition) is 0. The maximum absolute atomic E-state index is 13.2. The lowest BCUT2D eigenvalue weighted by molar-refractivity contribution is -0.386. The summed E-state index contributed by atoms with van der Waals surface area (Å²) in [6.45, 7) is 7.03. The van der Waals surface area contributed by atoms with E-state index in [1.54, 1.807) is 27.7 Å². The first-order valence-electron chi connectivity index (χ1n) is 9.43. The SMILES string of the molecule is CC(C)OCc1cccc(C(=O)c2cccc(COC(C)C)c2[N+](=O)[O-])c1[N+](=O)[O-]. The summed E-state index contributed by atoms with van der Waals surface area (Å²) in [5, 5.41) is 23.5. The first kappa shape index (κ1) is 23.1. The molecule has 30 heavy (non-hydrogen) atoms. The molecule has 160 valence electrons. The van der Waals surface area contributed by atoms with E-state index in [9.17, 15) is 25.0 Å². The van der Waals surface area contributed by atoms with Gasteiger partial charge in [0.1, 0.15) is 11.1 Å². The van der Waals surface area contributed by atoms with Crippen LogP contribution in [0.15, 0.2) is 36.4 Å². The fourth-order valence-corrected chi connectivity index (χ4v) is 2.87. The molecule has 0 saturated carbocycles. The van der Waals surface area contributed by atoms with E-state index in [0.717, 1.165) is 0 Å². The summed E-state index contributed by atoms with van der Waals surface area (Å²) in [6, 6.07) is 8.57. The summed E-state index contributed by atoms with van der Waals surface area (Å²) in [5.74, 6) is -0.800. The minimum absolute atomic E-state index is 0.0561. The number of benzene rings is 2. The quantitative estimate of drug-likeness (QED) is 0.315. The highest BCUT2D eigenvalue weighted by Gasteiger charge is 2.31. The van der Waals surface area contributed by atoms with Gasteiger partial charge >= 0.3 is 0 Å². The van der Waals surface area contributed by atoms with Gasteiger partial charge in [0.15, 0.2) is 0 Å². The zero-order valence-corrected chi connectivity index (χ0v) is 17.3. The second kappa shape index (κ2) is 10.0. The fraction of sp³-hybridized carbons (Fsp3) is 0.381. The highest BCUT2D eigenvalue weighted by atomic mass is 16.6. The molecule has 0 bridgehead atoms. The lowest BCUT2D eigenvalue weighted by Crippen LogP contribution is -2.13. The lowest BCUT2D eigenvalue weighted by atomic mass is 9.96. The molecule has 0 aliphatic rings. The number of nitro benzene ring substituents is 2. The molecule has 0 aromatic heterocycles. The van der Waals surface area contributed by atoms with Crippen molar-refractivity contribution in [2.75, 3.05) is 0 Å². The molecular formula is C21H24N2O7. The Morgan fingerprint density at radius 1 is 0.800 bits per heavy atom. The van der Waals surface area contributed by atoms with Gasteiger partial charge in [-0.25, -0.2) is 0 Å². The van der Waals surface area contributed by atoms with Crippen LogP contribution in [0.3, 0.4) is 0 Å². The second-order valence-electron chi connectivity index (χ2n) is 7.19. The molecule has 0 aliphatic heterocycles. The monoisotopic (exact) mass is 416 g/mol. The first-order valence-corrected chi connectivity index (χ1v) is 9.43. The Labute approximate surface area is 173 Å². The molecule has 2 aromatic carbocycles. The van der Waals surface area contributed by atoms with E-state index in [2.05, 4.69) is 0 Å². The van der Waals surface area contributed by atoms with Gasteiger partial charge in [-0.05, 0) is 52.0 Å². The van der Waals surface area contributed by atoms with Crippen molar-refractivity contribution in [1.82, 2.24) is 0 Å². The molecule has 9 heteroatoms. The van der Waals surface area contributed by atoms with Gasteiger partial charge < -0.3 is 9.47 Å². The molecule has 2 aromatic rings. The molecule has 0 radical (unpaired) electrons. The van der Waals surface area contributed by atoms with E-state index in [1.807, 2.05) is 0 Å². The van der Waals surface area contributed by atoms with Gasteiger partial charge in [-0.15, -0.1) is 0 Å². The highest BCUT2D eigenvalue weighted by Crippen LogP contribution is 2.32. The predicted molar refractivity (Wildman–Crippen MR) is 109 cm³/mol. The molecule has 0 saturated heterocycles. The van der Waals surface area contributed by atoms with Crippen molar-refractivity contribution in [3.63, 3.8) is 0 Å². The smallest absolute Gasteiger partial charge is 0.286 e. The van der Waals surface area contributed by atoms with Gasteiger partial charge in [0.2, 0.25) is 5.78 Å². The van der Waals surface area contributed by atoms with E-state index >= 15 is 0 Å². The number of nitrogens with zero attached hydrogens (tertiary/aromatic N) is 2. The highest BCUT2D eigenvalue weighted by molar-refractivity contribution is 6.14. The zero-order valence-electron chi connectivity index (χ0n) is 17.3. The van der Waals surface area contributed by atoms with Crippen molar-refractivity contribution < 1.29 is 24.1 Å². The van der Waals surface area contributed by atoms with Crippen molar-refractivity contribution in [3.8, 4) is 0 Å². The summed E-state index contributed by atoms with van der Waals surface area (Å²) in [4.78, 5) is 35.3. The molecule has 2 rings (SSSR count). The molecule has 0 amide bonds. The van der Waals surface area contributed by atoms with E-state index < -0.39 is 27.0 Å².